The third-order valence-corrected chi connectivity index (χ3v) is 6.60. The van der Waals surface area contributed by atoms with Crippen LogP contribution < -0.4 is 10.3 Å². The van der Waals surface area contributed by atoms with Crippen molar-refractivity contribution in [3.8, 4) is 5.75 Å². The molecule has 1 aromatic heterocycles. The lowest BCUT2D eigenvalue weighted by atomic mass is 10.2. The van der Waals surface area contributed by atoms with Crippen molar-refractivity contribution < 1.29 is 17.6 Å². The van der Waals surface area contributed by atoms with Crippen LogP contribution in [0.25, 0.3) is 11.0 Å². The number of fused-ring (bicyclic) bond motifs is 1. The van der Waals surface area contributed by atoms with Gasteiger partial charge in [0.25, 0.3) is 0 Å². The summed E-state index contributed by atoms with van der Waals surface area (Å²) in [5.41, 5.74) is 1.98. The average molecular weight is 440 g/mol. The summed E-state index contributed by atoms with van der Waals surface area (Å²) in [7, 11) is -2.31. The summed E-state index contributed by atoms with van der Waals surface area (Å²) in [6, 6.07) is 20.2. The molecule has 0 atom stereocenters. The molecule has 5 nitrogen and oxygen atoms in total. The molecular formula is C23H18ClNO4S. The molecule has 1 heterocycles. The van der Waals surface area contributed by atoms with Crippen molar-refractivity contribution in [2.24, 2.45) is 4.99 Å². The third kappa shape index (κ3) is 3.97. The first kappa shape index (κ1) is 20.2. The minimum absolute atomic E-state index is 0.00411. The van der Waals surface area contributed by atoms with E-state index < -0.39 is 9.84 Å². The highest BCUT2D eigenvalue weighted by molar-refractivity contribution is 7.91. The Balaban J connectivity index is 1.99. The van der Waals surface area contributed by atoms with E-state index in [9.17, 15) is 8.42 Å². The van der Waals surface area contributed by atoms with Gasteiger partial charge in [-0.1, -0.05) is 29.3 Å². The highest BCUT2D eigenvalue weighted by Crippen LogP contribution is 2.25. The number of hydrogen-bond donors (Lipinski definition) is 0. The molecule has 0 bridgehead atoms. The van der Waals surface area contributed by atoms with Crippen LogP contribution in [0.3, 0.4) is 0 Å². The molecule has 4 aromatic rings. The molecule has 7 heteroatoms. The predicted octanol–water partition coefficient (Wildman–Crippen LogP) is 5.47. The summed E-state index contributed by atoms with van der Waals surface area (Å²) < 4.78 is 37.9. The zero-order chi connectivity index (χ0) is 21.3. The van der Waals surface area contributed by atoms with E-state index >= 15 is 0 Å². The van der Waals surface area contributed by atoms with Gasteiger partial charge in [-0.15, -0.1) is 0 Å². The Morgan fingerprint density at radius 1 is 0.933 bits per heavy atom. The number of benzene rings is 3. The molecule has 0 N–H and O–H groups in total. The minimum atomic E-state index is -3.88. The molecule has 0 aliphatic heterocycles. The summed E-state index contributed by atoms with van der Waals surface area (Å²) in [5.74, 6) is 0.673. The maximum absolute atomic E-state index is 13.4. The Hall–Kier alpha value is -3.09. The standard InChI is InChI=1S/C23H18ClNO4S/c1-15-3-10-20(11-4-15)30(26,27)22-14-16-13-17(24)5-12-21(16)29-23(22)25-18-6-8-19(28-2)9-7-18/h3-14H,1-2H3. The molecule has 0 aliphatic rings. The molecule has 152 valence electrons. The van der Waals surface area contributed by atoms with Gasteiger partial charge in [0.05, 0.1) is 17.7 Å². The summed E-state index contributed by atoms with van der Waals surface area (Å²) in [4.78, 5) is 4.60. The van der Waals surface area contributed by atoms with Gasteiger partial charge < -0.3 is 9.15 Å². The molecule has 0 saturated heterocycles. The van der Waals surface area contributed by atoms with E-state index in [1.807, 2.05) is 6.92 Å². The van der Waals surface area contributed by atoms with Gasteiger partial charge in [-0.25, -0.2) is 13.4 Å². The molecule has 3 aromatic carbocycles. The fourth-order valence-electron chi connectivity index (χ4n) is 2.97. The highest BCUT2D eigenvalue weighted by Gasteiger charge is 2.22. The summed E-state index contributed by atoms with van der Waals surface area (Å²) in [6.45, 7) is 1.90. The first-order chi connectivity index (χ1) is 14.4. The average Bonchev–Trinajstić information content (AvgIpc) is 2.74. The van der Waals surface area contributed by atoms with Crippen LogP contribution in [0.1, 0.15) is 5.56 Å². The van der Waals surface area contributed by atoms with E-state index in [0.29, 0.717) is 27.4 Å². The maximum Gasteiger partial charge on any atom is 0.239 e. The van der Waals surface area contributed by atoms with Gasteiger partial charge in [0.1, 0.15) is 16.2 Å². The maximum atomic E-state index is 13.4. The van der Waals surface area contributed by atoms with Gasteiger partial charge in [0.2, 0.25) is 15.4 Å². The Kier molecular flexibility index (Phi) is 5.37. The van der Waals surface area contributed by atoms with Gasteiger partial charge in [-0.2, -0.15) is 0 Å². The molecule has 0 saturated carbocycles. The lowest BCUT2D eigenvalue weighted by Gasteiger charge is -2.08. The van der Waals surface area contributed by atoms with Crippen molar-refractivity contribution in [1.29, 1.82) is 0 Å². The fourth-order valence-corrected chi connectivity index (χ4v) is 4.50. The van der Waals surface area contributed by atoms with Crippen LogP contribution in [0.2, 0.25) is 5.02 Å². The number of hydrogen-bond acceptors (Lipinski definition) is 5. The Morgan fingerprint density at radius 2 is 1.63 bits per heavy atom. The normalized spacial score (nSPS) is 12.3. The first-order valence-electron chi connectivity index (χ1n) is 9.11. The highest BCUT2D eigenvalue weighted by atomic mass is 35.5. The van der Waals surface area contributed by atoms with E-state index in [1.54, 1.807) is 79.9 Å². The van der Waals surface area contributed by atoms with E-state index in [0.717, 1.165) is 5.56 Å². The van der Waals surface area contributed by atoms with Crippen LogP contribution in [0.5, 0.6) is 5.75 Å². The second-order valence-corrected chi connectivity index (χ2v) is 9.08. The second kappa shape index (κ2) is 7.97. The minimum Gasteiger partial charge on any atom is -0.497 e. The number of nitrogens with zero attached hydrogens (tertiary/aromatic N) is 1. The predicted molar refractivity (Wildman–Crippen MR) is 116 cm³/mol. The van der Waals surface area contributed by atoms with Crippen molar-refractivity contribution in [1.82, 2.24) is 0 Å². The third-order valence-electron chi connectivity index (χ3n) is 4.60. The van der Waals surface area contributed by atoms with E-state index in [4.69, 9.17) is 20.8 Å². The van der Waals surface area contributed by atoms with Crippen LogP contribution in [0, 0.1) is 6.92 Å². The molecule has 0 fully saturated rings. The van der Waals surface area contributed by atoms with Crippen LogP contribution >= 0.6 is 11.6 Å². The number of aryl methyl sites for hydroxylation is 1. The van der Waals surface area contributed by atoms with Gasteiger partial charge in [0, 0.05) is 10.4 Å². The lowest BCUT2D eigenvalue weighted by molar-refractivity contribution is 0.415. The fraction of sp³-hybridized carbons (Fsp3) is 0.0870. The Bertz CT molecular complexity index is 1390. The zero-order valence-corrected chi connectivity index (χ0v) is 17.9. The lowest BCUT2D eigenvalue weighted by Crippen LogP contribution is -2.15. The molecule has 0 aliphatic carbocycles. The van der Waals surface area contributed by atoms with Crippen molar-refractivity contribution >= 4 is 38.1 Å². The smallest absolute Gasteiger partial charge is 0.239 e. The summed E-state index contributed by atoms with van der Waals surface area (Å²) in [6.07, 6.45) is 0. The molecule has 4 rings (SSSR count). The zero-order valence-electron chi connectivity index (χ0n) is 16.3. The van der Waals surface area contributed by atoms with Crippen molar-refractivity contribution in [2.45, 2.75) is 16.7 Å². The molecule has 0 amide bonds. The topological polar surface area (TPSA) is 68.9 Å². The van der Waals surface area contributed by atoms with Gasteiger partial charge in [-0.05, 0) is 67.6 Å². The van der Waals surface area contributed by atoms with Crippen LogP contribution in [0.4, 0.5) is 5.69 Å². The molecule has 0 spiro atoms. The number of halogens is 1. The summed E-state index contributed by atoms with van der Waals surface area (Å²) in [5, 5.41) is 1.05. The van der Waals surface area contributed by atoms with Gasteiger partial charge >= 0.3 is 0 Å². The number of ether oxygens (including phenoxy) is 1. The van der Waals surface area contributed by atoms with E-state index in [1.165, 1.54) is 0 Å². The van der Waals surface area contributed by atoms with Crippen molar-refractivity contribution in [3.63, 3.8) is 0 Å². The largest absolute Gasteiger partial charge is 0.497 e. The number of sulfone groups is 1. The first-order valence-corrected chi connectivity index (χ1v) is 11.0. The van der Waals surface area contributed by atoms with Gasteiger partial charge in [0.15, 0.2) is 0 Å². The van der Waals surface area contributed by atoms with Gasteiger partial charge in [-0.3, -0.25) is 0 Å². The Morgan fingerprint density at radius 3 is 2.30 bits per heavy atom. The second-order valence-electron chi connectivity index (χ2n) is 6.72. The monoisotopic (exact) mass is 439 g/mol. The van der Waals surface area contributed by atoms with Crippen LogP contribution in [-0.2, 0) is 9.84 Å². The quantitative estimate of drug-likeness (QED) is 0.423. The van der Waals surface area contributed by atoms with Crippen LogP contribution in [0.15, 0.2) is 92.0 Å². The number of rotatable bonds is 4. The molecular weight excluding hydrogens is 422 g/mol. The van der Waals surface area contributed by atoms with Crippen molar-refractivity contribution in [3.05, 3.63) is 88.9 Å². The molecule has 0 radical (unpaired) electrons. The van der Waals surface area contributed by atoms with E-state index in [2.05, 4.69) is 4.99 Å². The van der Waals surface area contributed by atoms with Crippen molar-refractivity contribution in [2.75, 3.05) is 7.11 Å². The SMILES string of the molecule is COc1ccc(N=c2oc3ccc(Cl)cc3cc2S(=O)(=O)c2ccc(C)cc2)cc1. The summed E-state index contributed by atoms with van der Waals surface area (Å²) >= 11 is 6.09. The van der Waals surface area contributed by atoms with Crippen LogP contribution in [-0.4, -0.2) is 15.5 Å². The molecule has 0 unspecified atom stereocenters. The molecule has 30 heavy (non-hydrogen) atoms. The number of methoxy groups -OCH3 is 1. The Labute approximate surface area is 179 Å². The van der Waals surface area contributed by atoms with E-state index in [-0.39, 0.29) is 15.3 Å².